The van der Waals surface area contributed by atoms with Gasteiger partial charge in [0.25, 0.3) is 0 Å². The van der Waals surface area contributed by atoms with Crippen molar-refractivity contribution in [1.82, 2.24) is 9.29 Å². The fourth-order valence-corrected chi connectivity index (χ4v) is 4.73. The van der Waals surface area contributed by atoms with Crippen LogP contribution in [-0.4, -0.2) is 37.4 Å². The molecule has 1 unspecified atom stereocenters. The second-order valence-corrected chi connectivity index (χ2v) is 7.87. The van der Waals surface area contributed by atoms with Gasteiger partial charge >= 0.3 is 0 Å². The van der Waals surface area contributed by atoms with Crippen molar-refractivity contribution in [3.05, 3.63) is 72.4 Å². The molecule has 1 aliphatic rings. The van der Waals surface area contributed by atoms with E-state index in [0.717, 1.165) is 10.9 Å². The van der Waals surface area contributed by atoms with Gasteiger partial charge in [-0.2, -0.15) is 4.31 Å². The molecule has 1 aromatic heterocycles. The van der Waals surface area contributed by atoms with Gasteiger partial charge in [-0.3, -0.25) is 4.98 Å². The summed E-state index contributed by atoms with van der Waals surface area (Å²) in [5.41, 5.74) is 1.49. The average Bonchev–Trinajstić information content (AvgIpc) is 2.68. The first kappa shape index (κ1) is 16.2. The summed E-state index contributed by atoms with van der Waals surface area (Å²) in [6.45, 7) is 1.02. The molecule has 6 heteroatoms. The zero-order valence-electron chi connectivity index (χ0n) is 13.6. The van der Waals surface area contributed by atoms with Crippen LogP contribution in [0.4, 0.5) is 0 Å². The molecule has 1 fully saturated rings. The quantitative estimate of drug-likeness (QED) is 0.725. The molecule has 0 aliphatic carbocycles. The Balaban J connectivity index is 1.70. The Morgan fingerprint density at radius 3 is 2.64 bits per heavy atom. The van der Waals surface area contributed by atoms with Crippen LogP contribution < -0.4 is 0 Å². The number of pyridine rings is 1. The molecular weight excluding hydrogens is 336 g/mol. The zero-order chi connectivity index (χ0) is 17.3. The maximum atomic E-state index is 13.2. The molecule has 2 aromatic carbocycles. The Bertz CT molecular complexity index is 984. The van der Waals surface area contributed by atoms with Gasteiger partial charge in [0.1, 0.15) is 4.90 Å². The van der Waals surface area contributed by atoms with E-state index in [-0.39, 0.29) is 11.0 Å². The number of hydrogen-bond donors (Lipinski definition) is 0. The molecule has 2 heterocycles. The van der Waals surface area contributed by atoms with Crippen molar-refractivity contribution in [2.45, 2.75) is 11.0 Å². The third kappa shape index (κ3) is 3.04. The van der Waals surface area contributed by atoms with Crippen LogP contribution in [0.25, 0.3) is 10.9 Å². The van der Waals surface area contributed by atoms with E-state index in [1.807, 2.05) is 42.5 Å². The first-order valence-corrected chi connectivity index (χ1v) is 9.61. The summed E-state index contributed by atoms with van der Waals surface area (Å²) in [4.78, 5) is 4.53. The molecular formula is C19H18N2O3S. The van der Waals surface area contributed by atoms with Gasteiger partial charge in [-0.05, 0) is 17.7 Å². The van der Waals surface area contributed by atoms with Crippen LogP contribution in [0.3, 0.4) is 0 Å². The van der Waals surface area contributed by atoms with E-state index in [4.69, 9.17) is 4.74 Å². The van der Waals surface area contributed by atoms with Gasteiger partial charge in [-0.1, -0.05) is 48.5 Å². The van der Waals surface area contributed by atoms with Gasteiger partial charge in [0.2, 0.25) is 10.0 Å². The summed E-state index contributed by atoms with van der Waals surface area (Å²) < 4.78 is 33.7. The van der Waals surface area contributed by atoms with Crippen LogP contribution in [0.15, 0.2) is 71.8 Å². The van der Waals surface area contributed by atoms with Crippen LogP contribution >= 0.6 is 0 Å². The number of benzene rings is 2. The number of ether oxygens (including phenoxy) is 1. The zero-order valence-corrected chi connectivity index (χ0v) is 14.4. The lowest BCUT2D eigenvalue weighted by Gasteiger charge is -2.32. The number of hydrogen-bond acceptors (Lipinski definition) is 4. The molecule has 0 amide bonds. The first-order chi connectivity index (χ1) is 12.2. The molecule has 0 spiro atoms. The number of para-hydroxylation sites is 1. The Morgan fingerprint density at radius 2 is 1.80 bits per heavy atom. The highest BCUT2D eigenvalue weighted by Crippen LogP contribution is 2.29. The lowest BCUT2D eigenvalue weighted by molar-refractivity contribution is -0.00253. The highest BCUT2D eigenvalue weighted by Gasteiger charge is 2.32. The van der Waals surface area contributed by atoms with E-state index in [1.165, 1.54) is 4.31 Å². The predicted octanol–water partition coefficient (Wildman–Crippen LogP) is 3.00. The largest absolute Gasteiger partial charge is 0.371 e. The van der Waals surface area contributed by atoms with Gasteiger partial charge < -0.3 is 4.74 Å². The van der Waals surface area contributed by atoms with Crippen LogP contribution in [0.1, 0.15) is 11.7 Å². The number of nitrogens with zero attached hydrogens (tertiary/aromatic N) is 2. The summed E-state index contributed by atoms with van der Waals surface area (Å²) >= 11 is 0. The molecule has 0 radical (unpaired) electrons. The maximum absolute atomic E-state index is 13.2. The molecule has 4 rings (SSSR count). The molecule has 5 nitrogen and oxygen atoms in total. The Kier molecular flexibility index (Phi) is 4.25. The molecule has 3 aromatic rings. The van der Waals surface area contributed by atoms with Crippen LogP contribution in [-0.2, 0) is 14.8 Å². The topological polar surface area (TPSA) is 59.5 Å². The van der Waals surface area contributed by atoms with Crippen molar-refractivity contribution in [1.29, 1.82) is 0 Å². The van der Waals surface area contributed by atoms with Crippen molar-refractivity contribution in [3.8, 4) is 0 Å². The monoisotopic (exact) mass is 354 g/mol. The maximum Gasteiger partial charge on any atom is 0.245 e. The normalized spacial score (nSPS) is 19.1. The smallest absolute Gasteiger partial charge is 0.245 e. The lowest BCUT2D eigenvalue weighted by Crippen LogP contribution is -2.42. The van der Waals surface area contributed by atoms with Gasteiger partial charge in [0, 0.05) is 24.7 Å². The second-order valence-electron chi connectivity index (χ2n) is 5.96. The molecule has 1 aliphatic heterocycles. The highest BCUT2D eigenvalue weighted by atomic mass is 32.2. The second kappa shape index (κ2) is 6.55. The van der Waals surface area contributed by atoms with E-state index in [1.54, 1.807) is 24.4 Å². The van der Waals surface area contributed by atoms with E-state index in [9.17, 15) is 8.42 Å². The molecule has 25 heavy (non-hydrogen) atoms. The van der Waals surface area contributed by atoms with Crippen molar-refractivity contribution in [2.75, 3.05) is 19.7 Å². The van der Waals surface area contributed by atoms with Crippen LogP contribution in [0, 0.1) is 0 Å². The summed E-state index contributed by atoms with van der Waals surface area (Å²) in [6.07, 6.45) is 1.36. The standard InChI is InChI=1S/C19H18N2O3S/c22-25(23,18-10-4-8-16-9-5-11-20-19(16)18)21-12-13-24-17(14-21)15-6-2-1-3-7-15/h1-11,17H,12-14H2. The molecule has 1 saturated heterocycles. The van der Waals surface area contributed by atoms with E-state index in [2.05, 4.69) is 4.98 Å². The summed E-state index contributed by atoms with van der Waals surface area (Å²) in [6, 6.07) is 18.6. The van der Waals surface area contributed by atoms with Gasteiger partial charge in [0.15, 0.2) is 0 Å². The van der Waals surface area contributed by atoms with Crippen molar-refractivity contribution in [2.24, 2.45) is 0 Å². The van der Waals surface area contributed by atoms with Gasteiger partial charge in [-0.15, -0.1) is 0 Å². The number of morpholine rings is 1. The summed E-state index contributed by atoms with van der Waals surface area (Å²) in [7, 11) is -3.64. The average molecular weight is 354 g/mol. The Labute approximate surface area is 146 Å². The fourth-order valence-electron chi connectivity index (χ4n) is 3.14. The lowest BCUT2D eigenvalue weighted by atomic mass is 10.1. The molecule has 0 saturated carbocycles. The molecule has 128 valence electrons. The van der Waals surface area contributed by atoms with Crippen LogP contribution in [0.2, 0.25) is 0 Å². The molecule has 0 N–H and O–H groups in total. The minimum Gasteiger partial charge on any atom is -0.371 e. The number of sulfonamides is 1. The number of rotatable bonds is 3. The highest BCUT2D eigenvalue weighted by molar-refractivity contribution is 7.89. The summed E-state index contributed by atoms with van der Waals surface area (Å²) in [5.74, 6) is 0. The minimum atomic E-state index is -3.64. The summed E-state index contributed by atoms with van der Waals surface area (Å²) in [5, 5.41) is 0.816. The van der Waals surface area contributed by atoms with E-state index < -0.39 is 10.0 Å². The fraction of sp³-hybridized carbons (Fsp3) is 0.211. The third-order valence-electron chi connectivity index (χ3n) is 4.41. The van der Waals surface area contributed by atoms with Crippen LogP contribution in [0.5, 0.6) is 0 Å². The predicted molar refractivity (Wildman–Crippen MR) is 95.6 cm³/mol. The molecule has 1 atom stereocenters. The van der Waals surface area contributed by atoms with E-state index >= 15 is 0 Å². The Hall–Kier alpha value is -2.28. The van der Waals surface area contributed by atoms with Gasteiger partial charge in [-0.25, -0.2) is 8.42 Å². The third-order valence-corrected chi connectivity index (χ3v) is 6.31. The number of aromatic nitrogens is 1. The number of fused-ring (bicyclic) bond motifs is 1. The minimum absolute atomic E-state index is 0.249. The molecule has 0 bridgehead atoms. The van der Waals surface area contributed by atoms with Crippen molar-refractivity contribution < 1.29 is 13.2 Å². The Morgan fingerprint density at radius 1 is 1.00 bits per heavy atom. The van der Waals surface area contributed by atoms with Crippen molar-refractivity contribution in [3.63, 3.8) is 0 Å². The van der Waals surface area contributed by atoms with E-state index in [0.29, 0.717) is 25.2 Å². The van der Waals surface area contributed by atoms with Gasteiger partial charge in [0.05, 0.1) is 18.2 Å². The first-order valence-electron chi connectivity index (χ1n) is 8.17. The SMILES string of the molecule is O=S(=O)(c1cccc2cccnc12)N1CCOC(c2ccccc2)C1. The van der Waals surface area contributed by atoms with Crippen molar-refractivity contribution >= 4 is 20.9 Å².